The van der Waals surface area contributed by atoms with Crippen LogP contribution >= 0.6 is 23.5 Å². The Morgan fingerprint density at radius 2 is 1.74 bits per heavy atom. The van der Waals surface area contributed by atoms with E-state index in [9.17, 15) is 4.79 Å². The van der Waals surface area contributed by atoms with E-state index in [0.29, 0.717) is 0 Å². The predicted octanol–water partition coefficient (Wildman–Crippen LogP) is 3.61. The summed E-state index contributed by atoms with van der Waals surface area (Å²) in [4.78, 5) is 11.5. The van der Waals surface area contributed by atoms with Gasteiger partial charge in [0.05, 0.1) is 0 Å². The fourth-order valence-electron chi connectivity index (χ4n) is 2.30. The number of rotatable bonds is 3. The second kappa shape index (κ2) is 6.19. The molecule has 19 heavy (non-hydrogen) atoms. The first-order valence-corrected chi connectivity index (χ1v) is 11.3. The van der Waals surface area contributed by atoms with E-state index in [1.807, 2.05) is 41.7 Å². The minimum Gasteiger partial charge on any atom is -0.234 e. The molecule has 0 saturated carbocycles. The van der Waals surface area contributed by atoms with Crippen molar-refractivity contribution < 1.29 is 4.79 Å². The second-order valence-corrected chi connectivity index (χ2v) is 11.9. The van der Waals surface area contributed by atoms with Crippen LogP contribution in [0.1, 0.15) is 6.92 Å². The van der Waals surface area contributed by atoms with E-state index >= 15 is 0 Å². The summed E-state index contributed by atoms with van der Waals surface area (Å²) in [5.41, 5.74) is 1.16. The first-order valence-electron chi connectivity index (χ1n) is 6.35. The van der Waals surface area contributed by atoms with Gasteiger partial charge in [-0.1, -0.05) is 48.6 Å². The van der Waals surface area contributed by atoms with Crippen LogP contribution in [0.5, 0.6) is 0 Å². The van der Waals surface area contributed by atoms with Crippen LogP contribution in [0.15, 0.2) is 45.3 Å². The second-order valence-electron chi connectivity index (χ2n) is 5.08. The van der Waals surface area contributed by atoms with E-state index in [-0.39, 0.29) is 0 Å². The lowest BCUT2D eigenvalue weighted by molar-refractivity contribution is 0.568. The van der Waals surface area contributed by atoms with E-state index in [1.54, 1.807) is 0 Å². The van der Waals surface area contributed by atoms with Crippen LogP contribution in [-0.4, -0.2) is 25.5 Å². The Bertz CT molecular complexity index is 535. The summed E-state index contributed by atoms with van der Waals surface area (Å²) in [5.74, 6) is 4.56. The highest BCUT2D eigenvalue weighted by Gasteiger charge is 2.32. The molecular weight excluding hydrogens is 288 g/mol. The molecule has 1 heterocycles. The zero-order valence-corrected chi connectivity index (χ0v) is 14.2. The molecule has 1 fully saturated rings. The number of hydrogen-bond acceptors (Lipinski definition) is 3. The van der Waals surface area contributed by atoms with Crippen molar-refractivity contribution >= 4 is 42.7 Å². The molecule has 1 saturated heterocycles. The van der Waals surface area contributed by atoms with Crippen LogP contribution in [0.3, 0.4) is 0 Å². The van der Waals surface area contributed by atoms with Crippen LogP contribution < -0.4 is 5.19 Å². The first-order chi connectivity index (χ1) is 9.07. The molecule has 0 atom stereocenters. The minimum atomic E-state index is -1.93. The highest BCUT2D eigenvalue weighted by atomic mass is 32.2. The van der Waals surface area contributed by atoms with E-state index in [4.69, 9.17) is 0 Å². The lowest BCUT2D eigenvalue weighted by Gasteiger charge is -2.25. The molecule has 1 aliphatic rings. The molecule has 0 aromatic heterocycles. The van der Waals surface area contributed by atoms with Gasteiger partial charge in [0, 0.05) is 20.9 Å². The Balaban J connectivity index is 2.43. The van der Waals surface area contributed by atoms with Gasteiger partial charge >= 0.3 is 0 Å². The van der Waals surface area contributed by atoms with Gasteiger partial charge in [-0.05, 0) is 12.5 Å². The summed E-state index contributed by atoms with van der Waals surface area (Å²) in [6.45, 7) is 6.55. The van der Waals surface area contributed by atoms with Crippen molar-refractivity contribution in [3.63, 3.8) is 0 Å². The molecule has 100 valence electrons. The average molecular weight is 307 g/mol. The molecule has 1 aromatic rings. The zero-order chi connectivity index (χ0) is 13.9. The van der Waals surface area contributed by atoms with Crippen LogP contribution in [0, 0.1) is 0 Å². The molecule has 1 nitrogen and oxygen atoms in total. The largest absolute Gasteiger partial charge is 0.234 e. The predicted molar refractivity (Wildman–Crippen MR) is 90.4 cm³/mol. The Hall–Kier alpha value is -0.673. The maximum Gasteiger partial charge on any atom is 0.126 e. The molecule has 0 aliphatic carbocycles. The summed E-state index contributed by atoms with van der Waals surface area (Å²) < 4.78 is 1.31. The van der Waals surface area contributed by atoms with Crippen molar-refractivity contribution in [2.24, 2.45) is 0 Å². The molecule has 0 spiro atoms. The fraction of sp³-hybridized carbons (Fsp3) is 0.333. The first kappa shape index (κ1) is 14.7. The number of hydrogen-bond donors (Lipinski definition) is 0. The average Bonchev–Trinajstić information content (AvgIpc) is 2.94. The lowest BCUT2D eigenvalue weighted by atomic mass is 10.3. The molecule has 4 heteroatoms. The number of benzene rings is 1. The third kappa shape index (κ3) is 3.08. The van der Waals surface area contributed by atoms with Gasteiger partial charge in [0.2, 0.25) is 0 Å². The van der Waals surface area contributed by atoms with Gasteiger partial charge < -0.3 is 0 Å². The van der Waals surface area contributed by atoms with E-state index < -0.39 is 8.07 Å². The monoisotopic (exact) mass is 306 g/mol. The van der Waals surface area contributed by atoms with Crippen molar-refractivity contribution in [3.05, 3.63) is 45.3 Å². The standard InChI is InChI=1S/C15H18OS2Si/c1-12(15-17-9-10-18-15)14(11-16)19(2,3)13-7-5-4-6-8-13/h4-8H,9-10H2,1-3H3. The van der Waals surface area contributed by atoms with Crippen LogP contribution in [0.25, 0.3) is 0 Å². The van der Waals surface area contributed by atoms with Gasteiger partial charge in [0.1, 0.15) is 14.0 Å². The van der Waals surface area contributed by atoms with Crippen molar-refractivity contribution in [1.82, 2.24) is 0 Å². The summed E-state index contributed by atoms with van der Waals surface area (Å²) in [6.07, 6.45) is 0. The highest BCUT2D eigenvalue weighted by molar-refractivity contribution is 8.25. The van der Waals surface area contributed by atoms with E-state index in [0.717, 1.165) is 22.3 Å². The van der Waals surface area contributed by atoms with Crippen LogP contribution in [-0.2, 0) is 4.79 Å². The Kier molecular flexibility index (Phi) is 4.80. The smallest absolute Gasteiger partial charge is 0.126 e. The van der Waals surface area contributed by atoms with Crippen molar-refractivity contribution in [2.45, 2.75) is 20.0 Å². The normalized spacial score (nSPS) is 15.2. The van der Waals surface area contributed by atoms with E-state index in [1.165, 1.54) is 9.42 Å². The summed E-state index contributed by atoms with van der Waals surface area (Å²) in [5, 5.41) is 2.21. The summed E-state index contributed by atoms with van der Waals surface area (Å²) in [6, 6.07) is 10.4. The molecule has 2 rings (SSSR count). The Labute approximate surface area is 124 Å². The molecule has 0 N–H and O–H groups in total. The van der Waals surface area contributed by atoms with Crippen molar-refractivity contribution in [2.75, 3.05) is 11.5 Å². The maximum atomic E-state index is 11.5. The van der Waals surface area contributed by atoms with Crippen LogP contribution in [0.4, 0.5) is 0 Å². The summed E-state index contributed by atoms with van der Waals surface area (Å²) in [7, 11) is -1.93. The van der Waals surface area contributed by atoms with Gasteiger partial charge in [-0.25, -0.2) is 4.79 Å². The SMILES string of the molecule is CC(C(=C=O)[Si](C)(C)c1ccccc1)=C1SCCS1. The van der Waals surface area contributed by atoms with Gasteiger partial charge in [-0.15, -0.1) is 23.5 Å². The number of carbonyl (C=O) groups excluding carboxylic acids is 1. The maximum absolute atomic E-state index is 11.5. The molecule has 0 unspecified atom stereocenters. The zero-order valence-electron chi connectivity index (χ0n) is 11.5. The van der Waals surface area contributed by atoms with Crippen molar-refractivity contribution in [3.8, 4) is 0 Å². The summed E-state index contributed by atoms with van der Waals surface area (Å²) >= 11 is 3.74. The highest BCUT2D eigenvalue weighted by Crippen LogP contribution is 2.41. The quantitative estimate of drug-likeness (QED) is 0.627. The molecule has 0 amide bonds. The Morgan fingerprint density at radius 3 is 2.26 bits per heavy atom. The van der Waals surface area contributed by atoms with Gasteiger partial charge in [-0.2, -0.15) is 0 Å². The number of allylic oxidation sites excluding steroid dienone is 2. The fourth-order valence-corrected chi connectivity index (χ4v) is 7.62. The third-order valence-corrected chi connectivity index (χ3v) is 9.88. The third-order valence-electron chi connectivity index (χ3n) is 3.45. The van der Waals surface area contributed by atoms with Gasteiger partial charge in [0.25, 0.3) is 0 Å². The van der Waals surface area contributed by atoms with Crippen LogP contribution in [0.2, 0.25) is 13.1 Å². The van der Waals surface area contributed by atoms with E-state index in [2.05, 4.69) is 38.1 Å². The Morgan fingerprint density at radius 1 is 1.16 bits per heavy atom. The molecule has 1 aromatic carbocycles. The number of thioether (sulfide) groups is 2. The molecular formula is C15H18OS2Si. The molecule has 0 radical (unpaired) electrons. The van der Waals surface area contributed by atoms with Gasteiger partial charge in [-0.3, -0.25) is 0 Å². The minimum absolute atomic E-state index is 0.913. The molecule has 0 bridgehead atoms. The topological polar surface area (TPSA) is 17.1 Å². The lowest BCUT2D eigenvalue weighted by Crippen LogP contribution is -2.44. The van der Waals surface area contributed by atoms with Gasteiger partial charge in [0.15, 0.2) is 0 Å². The van der Waals surface area contributed by atoms with Crippen molar-refractivity contribution in [1.29, 1.82) is 0 Å². The molecule has 1 aliphatic heterocycles.